The molecule has 1 amide bonds. The van der Waals surface area contributed by atoms with Gasteiger partial charge in [0.25, 0.3) is 11.7 Å². The highest BCUT2D eigenvalue weighted by molar-refractivity contribution is 6.46. The molecule has 1 saturated heterocycles. The van der Waals surface area contributed by atoms with E-state index in [1.54, 1.807) is 30.6 Å². The van der Waals surface area contributed by atoms with E-state index >= 15 is 0 Å². The molecule has 1 aliphatic heterocycles. The van der Waals surface area contributed by atoms with Crippen LogP contribution in [0.4, 0.5) is 0 Å². The first kappa shape index (κ1) is 22.3. The van der Waals surface area contributed by atoms with Crippen LogP contribution in [-0.2, 0) is 16.1 Å². The standard InChI is InChI=1S/C27H26N2O4/c1-17(2)33-22-12-10-20(11-13-22)24-23(25(30)21-8-6-18(3)7-9-21)26(31)27(32)29(24)16-19-5-4-14-28-15-19/h4-15,17,24,30H,16H2,1-3H3/b25-23+/t24-/m0/s1. The summed E-state index contributed by atoms with van der Waals surface area (Å²) in [7, 11) is 0. The van der Waals surface area contributed by atoms with Crippen LogP contribution in [-0.4, -0.2) is 32.8 Å². The highest BCUT2D eigenvalue weighted by atomic mass is 16.5. The van der Waals surface area contributed by atoms with Gasteiger partial charge in [-0.05, 0) is 50.1 Å². The third kappa shape index (κ3) is 4.65. The summed E-state index contributed by atoms with van der Waals surface area (Å²) in [4.78, 5) is 31.8. The lowest BCUT2D eigenvalue weighted by molar-refractivity contribution is -0.140. The maximum absolute atomic E-state index is 13.1. The molecule has 3 aromatic rings. The summed E-state index contributed by atoms with van der Waals surface area (Å²) < 4.78 is 5.73. The fourth-order valence-corrected chi connectivity index (χ4v) is 3.95. The molecule has 2 aromatic carbocycles. The second-order valence-electron chi connectivity index (χ2n) is 8.39. The summed E-state index contributed by atoms with van der Waals surface area (Å²) in [5.41, 5.74) is 3.10. The highest BCUT2D eigenvalue weighted by Gasteiger charge is 2.46. The zero-order valence-electron chi connectivity index (χ0n) is 18.9. The topological polar surface area (TPSA) is 79.7 Å². The highest BCUT2D eigenvalue weighted by Crippen LogP contribution is 2.40. The molecule has 0 saturated carbocycles. The number of amides is 1. The van der Waals surface area contributed by atoms with Crippen LogP contribution in [0.3, 0.4) is 0 Å². The van der Waals surface area contributed by atoms with Crippen LogP contribution < -0.4 is 4.74 Å². The molecule has 1 fully saturated rings. The van der Waals surface area contributed by atoms with Gasteiger partial charge in [0.2, 0.25) is 0 Å². The van der Waals surface area contributed by atoms with Crippen LogP contribution in [0.2, 0.25) is 0 Å². The number of pyridine rings is 1. The zero-order valence-corrected chi connectivity index (χ0v) is 18.9. The summed E-state index contributed by atoms with van der Waals surface area (Å²) in [6.07, 6.45) is 3.34. The molecule has 33 heavy (non-hydrogen) atoms. The van der Waals surface area contributed by atoms with E-state index in [9.17, 15) is 14.7 Å². The van der Waals surface area contributed by atoms with E-state index in [1.165, 1.54) is 4.90 Å². The Labute approximate surface area is 193 Å². The second kappa shape index (κ2) is 9.28. The van der Waals surface area contributed by atoms with Crippen molar-refractivity contribution in [3.8, 4) is 5.75 Å². The first-order valence-electron chi connectivity index (χ1n) is 10.9. The molecule has 6 heteroatoms. The largest absolute Gasteiger partial charge is 0.507 e. The second-order valence-corrected chi connectivity index (χ2v) is 8.39. The Bertz CT molecular complexity index is 1180. The number of likely N-dealkylation sites (tertiary alicyclic amines) is 1. The molecule has 0 spiro atoms. The molecule has 168 valence electrons. The van der Waals surface area contributed by atoms with Gasteiger partial charge in [0, 0.05) is 24.5 Å². The Hall–Kier alpha value is -3.93. The molecule has 6 nitrogen and oxygen atoms in total. The number of aliphatic hydroxyl groups excluding tert-OH is 1. The summed E-state index contributed by atoms with van der Waals surface area (Å²) in [5, 5.41) is 11.1. The van der Waals surface area contributed by atoms with Crippen molar-refractivity contribution in [1.82, 2.24) is 9.88 Å². The smallest absolute Gasteiger partial charge is 0.295 e. The van der Waals surface area contributed by atoms with E-state index in [0.717, 1.165) is 11.1 Å². The zero-order chi connectivity index (χ0) is 23.5. The Kier molecular flexibility index (Phi) is 6.27. The molecule has 0 unspecified atom stereocenters. The number of ether oxygens (including phenoxy) is 1. The minimum Gasteiger partial charge on any atom is -0.507 e. The van der Waals surface area contributed by atoms with Crippen molar-refractivity contribution in [3.05, 3.63) is 101 Å². The van der Waals surface area contributed by atoms with Gasteiger partial charge < -0.3 is 14.7 Å². The molecule has 1 aromatic heterocycles. The average Bonchev–Trinajstić information content (AvgIpc) is 3.05. The number of aryl methyl sites for hydroxylation is 1. The Morgan fingerprint density at radius 1 is 1.06 bits per heavy atom. The lowest BCUT2D eigenvalue weighted by Crippen LogP contribution is -2.29. The molecule has 0 radical (unpaired) electrons. The maximum atomic E-state index is 13.1. The molecular weight excluding hydrogens is 416 g/mol. The van der Waals surface area contributed by atoms with Gasteiger partial charge in [-0.15, -0.1) is 0 Å². The van der Waals surface area contributed by atoms with Gasteiger partial charge in [0.1, 0.15) is 11.5 Å². The lowest BCUT2D eigenvalue weighted by atomic mass is 9.95. The molecule has 0 bridgehead atoms. The van der Waals surface area contributed by atoms with Crippen molar-refractivity contribution < 1.29 is 19.4 Å². The first-order valence-corrected chi connectivity index (χ1v) is 10.9. The van der Waals surface area contributed by atoms with Crippen LogP contribution in [0, 0.1) is 6.92 Å². The van der Waals surface area contributed by atoms with Gasteiger partial charge in [-0.1, -0.05) is 48.0 Å². The predicted octanol–water partition coefficient (Wildman–Crippen LogP) is 4.80. The Morgan fingerprint density at radius 2 is 1.76 bits per heavy atom. The molecule has 0 aliphatic carbocycles. The van der Waals surface area contributed by atoms with Crippen molar-refractivity contribution in [2.45, 2.75) is 39.5 Å². The summed E-state index contributed by atoms with van der Waals surface area (Å²) in [6.45, 7) is 6.02. The van der Waals surface area contributed by atoms with Gasteiger partial charge in [0.15, 0.2) is 0 Å². The number of carbonyl (C=O) groups is 2. The van der Waals surface area contributed by atoms with Crippen LogP contribution in [0.25, 0.3) is 5.76 Å². The van der Waals surface area contributed by atoms with E-state index in [1.807, 2.05) is 63.2 Å². The van der Waals surface area contributed by atoms with E-state index in [4.69, 9.17) is 4.74 Å². The van der Waals surface area contributed by atoms with E-state index in [0.29, 0.717) is 16.9 Å². The van der Waals surface area contributed by atoms with Gasteiger partial charge in [-0.25, -0.2) is 0 Å². The van der Waals surface area contributed by atoms with Crippen molar-refractivity contribution in [3.63, 3.8) is 0 Å². The third-order valence-electron chi connectivity index (χ3n) is 5.51. The third-order valence-corrected chi connectivity index (χ3v) is 5.51. The Morgan fingerprint density at radius 3 is 2.36 bits per heavy atom. The number of hydrogen-bond acceptors (Lipinski definition) is 5. The Balaban J connectivity index is 1.81. The fourth-order valence-electron chi connectivity index (χ4n) is 3.95. The van der Waals surface area contributed by atoms with Gasteiger partial charge in [-0.2, -0.15) is 0 Å². The van der Waals surface area contributed by atoms with Crippen molar-refractivity contribution in [2.24, 2.45) is 0 Å². The molecule has 1 aliphatic rings. The summed E-state index contributed by atoms with van der Waals surface area (Å²) in [5.74, 6) is -0.851. The van der Waals surface area contributed by atoms with Crippen LogP contribution in [0.5, 0.6) is 5.75 Å². The molecule has 1 N–H and O–H groups in total. The molecule has 4 rings (SSSR count). The average molecular weight is 443 g/mol. The first-order chi connectivity index (χ1) is 15.8. The summed E-state index contributed by atoms with van der Waals surface area (Å²) >= 11 is 0. The minimum absolute atomic E-state index is 0.0219. The van der Waals surface area contributed by atoms with Gasteiger partial charge in [0.05, 0.1) is 17.7 Å². The maximum Gasteiger partial charge on any atom is 0.295 e. The van der Waals surface area contributed by atoms with E-state index in [2.05, 4.69) is 4.98 Å². The molecular formula is C27H26N2O4. The van der Waals surface area contributed by atoms with Crippen LogP contribution in [0.15, 0.2) is 78.6 Å². The van der Waals surface area contributed by atoms with Crippen molar-refractivity contribution in [2.75, 3.05) is 0 Å². The lowest BCUT2D eigenvalue weighted by Gasteiger charge is -2.25. The number of ketones is 1. The van der Waals surface area contributed by atoms with Crippen molar-refractivity contribution >= 4 is 17.4 Å². The van der Waals surface area contributed by atoms with Gasteiger partial charge >= 0.3 is 0 Å². The quantitative estimate of drug-likeness (QED) is 0.337. The van der Waals surface area contributed by atoms with Gasteiger partial charge in [-0.3, -0.25) is 14.6 Å². The van der Waals surface area contributed by atoms with Crippen LogP contribution >= 0.6 is 0 Å². The minimum atomic E-state index is -0.736. The van der Waals surface area contributed by atoms with E-state index < -0.39 is 17.7 Å². The number of aliphatic hydroxyl groups is 1. The monoisotopic (exact) mass is 442 g/mol. The normalized spacial score (nSPS) is 17.6. The fraction of sp³-hybridized carbons (Fsp3) is 0.222. The number of rotatable bonds is 6. The summed E-state index contributed by atoms with van der Waals surface area (Å²) in [6, 6.07) is 17.4. The number of aromatic nitrogens is 1. The SMILES string of the molecule is Cc1ccc(/C(O)=C2\C(=O)C(=O)N(Cc3cccnc3)[C@H]2c2ccc(OC(C)C)cc2)cc1. The van der Waals surface area contributed by atoms with Crippen molar-refractivity contribution in [1.29, 1.82) is 0 Å². The molecule has 1 atom stereocenters. The predicted molar refractivity (Wildman–Crippen MR) is 125 cm³/mol. The van der Waals surface area contributed by atoms with E-state index in [-0.39, 0.29) is 24.0 Å². The number of Topliss-reactive ketones (excluding diaryl/α,β-unsaturated/α-hetero) is 1. The van der Waals surface area contributed by atoms with Crippen LogP contribution in [0.1, 0.15) is 42.1 Å². The number of hydrogen-bond donors (Lipinski definition) is 1. The molecule has 2 heterocycles. The number of nitrogens with zero attached hydrogens (tertiary/aromatic N) is 2. The number of benzene rings is 2. The number of carbonyl (C=O) groups excluding carboxylic acids is 2.